The van der Waals surface area contributed by atoms with Crippen molar-refractivity contribution in [1.82, 2.24) is 5.32 Å². The van der Waals surface area contributed by atoms with E-state index >= 15 is 0 Å². The van der Waals surface area contributed by atoms with Crippen LogP contribution < -0.4 is 5.32 Å². The summed E-state index contributed by atoms with van der Waals surface area (Å²) in [4.78, 5) is 9.74. The lowest BCUT2D eigenvalue weighted by Crippen LogP contribution is -2.33. The van der Waals surface area contributed by atoms with Crippen molar-refractivity contribution in [3.8, 4) is 0 Å². The van der Waals surface area contributed by atoms with Gasteiger partial charge < -0.3 is 14.2 Å². The highest BCUT2D eigenvalue weighted by Crippen LogP contribution is 1.79. The number of hydrogen-bond acceptors (Lipinski definition) is 3. The standard InChI is InChI=1S/C4H11NO3Si/c1-7-9(8-2)4-5-3-6/h3,9H,4H2,1-2H3,(H,5,6). The van der Waals surface area contributed by atoms with Gasteiger partial charge >= 0.3 is 9.28 Å². The van der Waals surface area contributed by atoms with Crippen LogP contribution in [0.25, 0.3) is 0 Å². The Morgan fingerprint density at radius 1 is 1.56 bits per heavy atom. The van der Waals surface area contributed by atoms with Crippen molar-refractivity contribution in [2.45, 2.75) is 0 Å². The number of carbonyl (C=O) groups is 1. The molecule has 0 rings (SSSR count). The van der Waals surface area contributed by atoms with Crippen LogP contribution in [0.1, 0.15) is 0 Å². The predicted octanol–water partition coefficient (Wildman–Crippen LogP) is -1.22. The molecule has 0 unspecified atom stereocenters. The fourth-order valence-corrected chi connectivity index (χ4v) is 1.22. The van der Waals surface area contributed by atoms with E-state index in [2.05, 4.69) is 5.32 Å². The van der Waals surface area contributed by atoms with Gasteiger partial charge in [-0.3, -0.25) is 4.79 Å². The summed E-state index contributed by atoms with van der Waals surface area (Å²) >= 11 is 0. The van der Waals surface area contributed by atoms with E-state index in [-0.39, 0.29) is 0 Å². The first-order valence-corrected chi connectivity index (χ1v) is 4.33. The monoisotopic (exact) mass is 149 g/mol. The van der Waals surface area contributed by atoms with Crippen LogP contribution in [0.5, 0.6) is 0 Å². The van der Waals surface area contributed by atoms with E-state index in [1.165, 1.54) is 0 Å². The maximum absolute atomic E-state index is 9.74. The molecule has 0 spiro atoms. The number of hydrogen-bond donors (Lipinski definition) is 1. The fourth-order valence-electron chi connectivity index (χ4n) is 0.407. The Balaban J connectivity index is 3.19. The van der Waals surface area contributed by atoms with Gasteiger partial charge in [0, 0.05) is 14.2 Å². The lowest BCUT2D eigenvalue weighted by atomic mass is 11.2. The summed E-state index contributed by atoms with van der Waals surface area (Å²) in [6.45, 7) is 0. The molecule has 0 atom stereocenters. The van der Waals surface area contributed by atoms with Crippen LogP contribution in [-0.4, -0.2) is 36.1 Å². The van der Waals surface area contributed by atoms with Gasteiger partial charge in [-0.05, 0) is 0 Å². The summed E-state index contributed by atoms with van der Waals surface area (Å²) in [6, 6.07) is 0. The molecule has 0 saturated carbocycles. The van der Waals surface area contributed by atoms with Crippen LogP contribution in [0.4, 0.5) is 0 Å². The third-order valence-corrected chi connectivity index (χ3v) is 2.51. The molecular formula is C4H11NO3Si. The second-order valence-electron chi connectivity index (χ2n) is 1.43. The zero-order valence-electron chi connectivity index (χ0n) is 5.59. The molecule has 0 heterocycles. The Hall–Kier alpha value is -0.393. The average molecular weight is 149 g/mol. The van der Waals surface area contributed by atoms with Gasteiger partial charge in [0.25, 0.3) is 0 Å². The van der Waals surface area contributed by atoms with Gasteiger partial charge in [-0.2, -0.15) is 0 Å². The van der Waals surface area contributed by atoms with E-state index in [0.717, 1.165) is 0 Å². The highest BCUT2D eigenvalue weighted by atomic mass is 28.3. The van der Waals surface area contributed by atoms with Crippen molar-refractivity contribution in [2.24, 2.45) is 0 Å². The van der Waals surface area contributed by atoms with Crippen molar-refractivity contribution < 1.29 is 13.6 Å². The van der Waals surface area contributed by atoms with Gasteiger partial charge in [0.05, 0.1) is 6.17 Å². The number of carbonyl (C=O) groups excluding carboxylic acids is 1. The molecule has 0 radical (unpaired) electrons. The third kappa shape index (κ3) is 4.13. The van der Waals surface area contributed by atoms with E-state index in [1.807, 2.05) is 0 Å². The molecule has 9 heavy (non-hydrogen) atoms. The quantitative estimate of drug-likeness (QED) is 0.394. The second kappa shape index (κ2) is 5.74. The average Bonchev–Trinajstić information content (AvgIpc) is 1.91. The van der Waals surface area contributed by atoms with Crippen molar-refractivity contribution in [3.05, 3.63) is 0 Å². The van der Waals surface area contributed by atoms with Crippen molar-refractivity contribution in [3.63, 3.8) is 0 Å². The first kappa shape index (κ1) is 8.61. The minimum Gasteiger partial charge on any atom is -0.399 e. The summed E-state index contributed by atoms with van der Waals surface area (Å²) < 4.78 is 9.79. The topological polar surface area (TPSA) is 47.6 Å². The van der Waals surface area contributed by atoms with Gasteiger partial charge in [-0.25, -0.2) is 0 Å². The molecule has 1 N–H and O–H groups in total. The lowest BCUT2D eigenvalue weighted by Gasteiger charge is -2.08. The number of amides is 1. The number of rotatable bonds is 5. The molecule has 0 bridgehead atoms. The Kier molecular flexibility index (Phi) is 5.49. The second-order valence-corrected chi connectivity index (χ2v) is 3.64. The van der Waals surface area contributed by atoms with Gasteiger partial charge in [0.15, 0.2) is 0 Å². The lowest BCUT2D eigenvalue weighted by molar-refractivity contribution is -0.109. The van der Waals surface area contributed by atoms with E-state index in [9.17, 15) is 4.79 Å². The molecule has 0 aliphatic rings. The van der Waals surface area contributed by atoms with E-state index in [1.54, 1.807) is 14.2 Å². The molecule has 0 aromatic rings. The minimum atomic E-state index is -1.55. The van der Waals surface area contributed by atoms with Crippen LogP contribution in [0.2, 0.25) is 0 Å². The summed E-state index contributed by atoms with van der Waals surface area (Å²) in [5.74, 6) is 0. The van der Waals surface area contributed by atoms with Crippen LogP contribution in [0.15, 0.2) is 0 Å². The minimum absolute atomic E-state index is 0.524. The molecule has 0 aliphatic heterocycles. The van der Waals surface area contributed by atoms with Crippen LogP contribution >= 0.6 is 0 Å². The maximum Gasteiger partial charge on any atom is 0.340 e. The highest BCUT2D eigenvalue weighted by Gasteiger charge is 2.06. The van der Waals surface area contributed by atoms with Gasteiger partial charge in [-0.15, -0.1) is 0 Å². The molecule has 4 nitrogen and oxygen atoms in total. The zero-order chi connectivity index (χ0) is 7.11. The van der Waals surface area contributed by atoms with Crippen LogP contribution in [-0.2, 0) is 13.6 Å². The van der Waals surface area contributed by atoms with Gasteiger partial charge in [0.2, 0.25) is 6.41 Å². The molecule has 0 aliphatic carbocycles. The largest absolute Gasteiger partial charge is 0.399 e. The molecule has 1 amide bonds. The summed E-state index contributed by atoms with van der Waals surface area (Å²) in [7, 11) is 1.60. The van der Waals surface area contributed by atoms with Crippen molar-refractivity contribution in [1.29, 1.82) is 0 Å². The predicted molar refractivity (Wildman–Crippen MR) is 35.2 cm³/mol. The normalized spacial score (nSPS) is 9.67. The Morgan fingerprint density at radius 3 is 2.44 bits per heavy atom. The molecular weight excluding hydrogens is 138 g/mol. The summed E-state index contributed by atoms with van der Waals surface area (Å²) in [5, 5.41) is 2.48. The fraction of sp³-hybridized carbons (Fsp3) is 0.750. The molecule has 0 saturated heterocycles. The van der Waals surface area contributed by atoms with Crippen molar-refractivity contribution in [2.75, 3.05) is 20.4 Å². The molecule has 0 fully saturated rings. The van der Waals surface area contributed by atoms with Crippen LogP contribution in [0, 0.1) is 0 Å². The Labute approximate surface area is 56.0 Å². The Bertz CT molecular complexity index is 76.2. The Morgan fingerprint density at radius 2 is 2.11 bits per heavy atom. The summed E-state index contributed by atoms with van der Waals surface area (Å²) in [6.07, 6.45) is 1.16. The van der Waals surface area contributed by atoms with E-state index < -0.39 is 9.28 Å². The van der Waals surface area contributed by atoms with E-state index in [0.29, 0.717) is 12.6 Å². The molecule has 5 heteroatoms. The van der Waals surface area contributed by atoms with Crippen LogP contribution in [0.3, 0.4) is 0 Å². The van der Waals surface area contributed by atoms with E-state index in [4.69, 9.17) is 8.85 Å². The molecule has 54 valence electrons. The zero-order valence-corrected chi connectivity index (χ0v) is 6.74. The van der Waals surface area contributed by atoms with Gasteiger partial charge in [-0.1, -0.05) is 0 Å². The first-order chi connectivity index (χ1) is 4.35. The molecule has 0 aromatic carbocycles. The maximum atomic E-state index is 9.74. The SMILES string of the molecule is CO[SiH](CNC=O)OC. The molecule has 0 aromatic heterocycles. The van der Waals surface area contributed by atoms with Gasteiger partial charge in [0.1, 0.15) is 0 Å². The van der Waals surface area contributed by atoms with Crippen molar-refractivity contribution >= 4 is 15.7 Å². The first-order valence-electron chi connectivity index (χ1n) is 2.57. The summed E-state index contributed by atoms with van der Waals surface area (Å²) in [5.41, 5.74) is 0. The third-order valence-electron chi connectivity index (χ3n) is 0.894. The highest BCUT2D eigenvalue weighted by molar-refractivity contribution is 6.44. The number of nitrogens with one attached hydrogen (secondary N) is 1. The smallest absolute Gasteiger partial charge is 0.340 e.